The third-order valence-electron chi connectivity index (χ3n) is 3.99. The largest absolute Gasteiger partial charge is 0.493 e. The van der Waals surface area contributed by atoms with Gasteiger partial charge in [0.25, 0.3) is 0 Å². The topological polar surface area (TPSA) is 82.8 Å². The molecule has 0 atom stereocenters. The average Bonchev–Trinajstić information content (AvgIpc) is 3.11. The number of aromatic nitrogens is 1. The standard InChI is InChI=1S/C19H19ClN2O5/c1-10-5-12(21-16(23)9-20)8-13-17(10)27-19(22-13)11-6-14(24-2)18(26-4)15(7-11)25-3/h5-8H,9H2,1-4H3,(H,21,23). The van der Waals surface area contributed by atoms with Gasteiger partial charge in [0.15, 0.2) is 17.1 Å². The van der Waals surface area contributed by atoms with Gasteiger partial charge in [-0.05, 0) is 36.8 Å². The number of oxazole rings is 1. The van der Waals surface area contributed by atoms with Crippen molar-refractivity contribution in [3.63, 3.8) is 0 Å². The highest BCUT2D eigenvalue weighted by atomic mass is 35.5. The van der Waals surface area contributed by atoms with E-state index < -0.39 is 0 Å². The molecular weight excluding hydrogens is 372 g/mol. The predicted molar refractivity (Wildman–Crippen MR) is 103 cm³/mol. The number of ether oxygens (including phenoxy) is 3. The minimum atomic E-state index is -0.288. The number of halogens is 1. The third-order valence-corrected chi connectivity index (χ3v) is 4.24. The van der Waals surface area contributed by atoms with Crippen molar-refractivity contribution < 1.29 is 23.4 Å². The summed E-state index contributed by atoms with van der Waals surface area (Å²) in [4.78, 5) is 16.1. The molecule has 1 amide bonds. The SMILES string of the molecule is COc1cc(-c2nc3cc(NC(=O)CCl)cc(C)c3o2)cc(OC)c1OC. The molecule has 0 spiro atoms. The van der Waals surface area contributed by atoms with Crippen molar-refractivity contribution in [1.82, 2.24) is 4.98 Å². The Labute approximate surface area is 161 Å². The van der Waals surface area contributed by atoms with E-state index >= 15 is 0 Å². The number of anilines is 1. The maximum atomic E-state index is 11.5. The van der Waals surface area contributed by atoms with E-state index in [0.717, 1.165) is 5.56 Å². The molecule has 1 heterocycles. The van der Waals surface area contributed by atoms with Gasteiger partial charge in [-0.15, -0.1) is 11.6 Å². The summed E-state index contributed by atoms with van der Waals surface area (Å²) in [7, 11) is 4.63. The molecule has 0 aliphatic carbocycles. The fourth-order valence-electron chi connectivity index (χ4n) is 2.79. The Hall–Kier alpha value is -2.93. The molecule has 0 saturated carbocycles. The summed E-state index contributed by atoms with van der Waals surface area (Å²) < 4.78 is 22.0. The minimum absolute atomic E-state index is 0.118. The molecule has 27 heavy (non-hydrogen) atoms. The van der Waals surface area contributed by atoms with E-state index in [1.807, 2.05) is 6.92 Å². The minimum Gasteiger partial charge on any atom is -0.493 e. The van der Waals surface area contributed by atoms with E-state index in [1.54, 1.807) is 45.6 Å². The number of carbonyl (C=O) groups excluding carboxylic acids is 1. The molecular formula is C19H19ClN2O5. The van der Waals surface area contributed by atoms with Crippen molar-refractivity contribution >= 4 is 34.3 Å². The summed E-state index contributed by atoms with van der Waals surface area (Å²) >= 11 is 5.55. The number of fused-ring (bicyclic) bond motifs is 1. The predicted octanol–water partition coefficient (Wildman–Crippen LogP) is 4.01. The van der Waals surface area contributed by atoms with E-state index in [-0.39, 0.29) is 11.8 Å². The van der Waals surface area contributed by atoms with Gasteiger partial charge >= 0.3 is 0 Å². The molecule has 0 saturated heterocycles. The zero-order valence-electron chi connectivity index (χ0n) is 15.4. The van der Waals surface area contributed by atoms with Crippen LogP contribution in [0.4, 0.5) is 5.69 Å². The number of hydrogen-bond donors (Lipinski definition) is 1. The smallest absolute Gasteiger partial charge is 0.239 e. The Morgan fingerprint density at radius 3 is 2.33 bits per heavy atom. The number of benzene rings is 2. The van der Waals surface area contributed by atoms with Crippen LogP contribution in [0.25, 0.3) is 22.6 Å². The summed E-state index contributed by atoms with van der Waals surface area (Å²) in [6, 6.07) is 7.06. The van der Waals surface area contributed by atoms with Crippen LogP contribution in [0.3, 0.4) is 0 Å². The molecule has 0 bridgehead atoms. The number of nitrogens with one attached hydrogen (secondary N) is 1. The summed E-state index contributed by atoms with van der Waals surface area (Å²) in [5.74, 6) is 1.48. The van der Waals surface area contributed by atoms with Crippen LogP contribution in [0.2, 0.25) is 0 Å². The molecule has 0 aliphatic heterocycles. The fourth-order valence-corrected chi connectivity index (χ4v) is 2.86. The van der Waals surface area contributed by atoms with Crippen LogP contribution < -0.4 is 19.5 Å². The Balaban J connectivity index is 2.10. The quantitative estimate of drug-likeness (QED) is 0.640. The van der Waals surface area contributed by atoms with Crippen LogP contribution in [0, 0.1) is 6.92 Å². The van der Waals surface area contributed by atoms with Gasteiger partial charge in [0.1, 0.15) is 11.4 Å². The first-order valence-corrected chi connectivity index (χ1v) is 8.61. The molecule has 0 radical (unpaired) electrons. The number of nitrogens with zero attached hydrogens (tertiary/aromatic N) is 1. The summed E-state index contributed by atoms with van der Waals surface area (Å²) in [5, 5.41) is 2.72. The highest BCUT2D eigenvalue weighted by Gasteiger charge is 2.18. The molecule has 1 N–H and O–H groups in total. The number of rotatable bonds is 6. The molecule has 3 rings (SSSR count). The summed E-state index contributed by atoms with van der Waals surface area (Å²) in [6.45, 7) is 1.88. The molecule has 2 aromatic carbocycles. The van der Waals surface area contributed by atoms with E-state index in [2.05, 4.69) is 10.3 Å². The third kappa shape index (κ3) is 3.64. The van der Waals surface area contributed by atoms with Crippen molar-refractivity contribution in [2.24, 2.45) is 0 Å². The van der Waals surface area contributed by atoms with Crippen LogP contribution >= 0.6 is 11.6 Å². The van der Waals surface area contributed by atoms with Gasteiger partial charge in [0.2, 0.25) is 17.5 Å². The molecule has 0 fully saturated rings. The van der Waals surface area contributed by atoms with Gasteiger partial charge < -0.3 is 23.9 Å². The number of carbonyl (C=O) groups is 1. The lowest BCUT2D eigenvalue weighted by atomic mass is 10.2. The zero-order chi connectivity index (χ0) is 19.6. The number of amides is 1. The van der Waals surface area contributed by atoms with Gasteiger partial charge in [0.05, 0.1) is 21.3 Å². The number of hydrogen-bond acceptors (Lipinski definition) is 6. The van der Waals surface area contributed by atoms with Crippen molar-refractivity contribution in [2.75, 3.05) is 32.5 Å². The molecule has 3 aromatic rings. The Kier molecular flexibility index (Phi) is 5.41. The fraction of sp³-hybridized carbons (Fsp3) is 0.263. The number of alkyl halides is 1. The summed E-state index contributed by atoms with van der Waals surface area (Å²) in [6.07, 6.45) is 0. The highest BCUT2D eigenvalue weighted by Crippen LogP contribution is 2.41. The Bertz CT molecular complexity index is 974. The van der Waals surface area contributed by atoms with Gasteiger partial charge in [-0.3, -0.25) is 4.79 Å². The maximum Gasteiger partial charge on any atom is 0.239 e. The number of aryl methyl sites for hydroxylation is 1. The molecule has 0 unspecified atom stereocenters. The molecule has 0 aliphatic rings. The van der Waals surface area contributed by atoms with Crippen molar-refractivity contribution in [1.29, 1.82) is 0 Å². The molecule has 1 aromatic heterocycles. The maximum absolute atomic E-state index is 11.5. The van der Waals surface area contributed by atoms with Crippen molar-refractivity contribution in [2.45, 2.75) is 6.92 Å². The first-order chi connectivity index (χ1) is 13.0. The Morgan fingerprint density at radius 1 is 1.11 bits per heavy atom. The average molecular weight is 391 g/mol. The Morgan fingerprint density at radius 2 is 1.78 bits per heavy atom. The lowest BCUT2D eigenvalue weighted by Gasteiger charge is -2.12. The van der Waals surface area contributed by atoms with E-state index in [4.69, 9.17) is 30.2 Å². The van der Waals surface area contributed by atoms with Crippen LogP contribution in [-0.2, 0) is 4.79 Å². The second-order valence-electron chi connectivity index (χ2n) is 5.76. The first kappa shape index (κ1) is 18.8. The van der Waals surface area contributed by atoms with Gasteiger partial charge in [0, 0.05) is 11.3 Å². The summed E-state index contributed by atoms with van der Waals surface area (Å²) in [5.41, 5.74) is 3.36. The molecule has 142 valence electrons. The lowest BCUT2D eigenvalue weighted by Crippen LogP contribution is -2.12. The highest BCUT2D eigenvalue weighted by molar-refractivity contribution is 6.29. The van der Waals surface area contributed by atoms with E-state index in [0.29, 0.717) is 45.5 Å². The normalized spacial score (nSPS) is 10.7. The lowest BCUT2D eigenvalue weighted by molar-refractivity contribution is -0.113. The van der Waals surface area contributed by atoms with E-state index in [1.165, 1.54) is 0 Å². The van der Waals surface area contributed by atoms with Crippen LogP contribution in [0.15, 0.2) is 28.7 Å². The van der Waals surface area contributed by atoms with Gasteiger partial charge in [-0.1, -0.05) is 0 Å². The van der Waals surface area contributed by atoms with Crippen LogP contribution in [0.5, 0.6) is 17.2 Å². The van der Waals surface area contributed by atoms with Gasteiger partial charge in [-0.25, -0.2) is 4.98 Å². The molecule has 8 heteroatoms. The van der Waals surface area contributed by atoms with E-state index in [9.17, 15) is 4.79 Å². The zero-order valence-corrected chi connectivity index (χ0v) is 16.1. The van der Waals surface area contributed by atoms with Crippen LogP contribution in [-0.4, -0.2) is 38.1 Å². The monoisotopic (exact) mass is 390 g/mol. The second-order valence-corrected chi connectivity index (χ2v) is 6.02. The van der Waals surface area contributed by atoms with Crippen molar-refractivity contribution in [3.8, 4) is 28.7 Å². The second kappa shape index (κ2) is 7.75. The number of methoxy groups -OCH3 is 3. The molecule has 7 nitrogen and oxygen atoms in total. The van der Waals surface area contributed by atoms with Crippen LogP contribution in [0.1, 0.15) is 5.56 Å². The van der Waals surface area contributed by atoms with Crippen molar-refractivity contribution in [3.05, 3.63) is 29.8 Å². The van der Waals surface area contributed by atoms with Gasteiger partial charge in [-0.2, -0.15) is 0 Å². The first-order valence-electron chi connectivity index (χ1n) is 8.08.